The number of hydrogen-bond acceptors (Lipinski definition) is 1. The molecule has 0 aromatic heterocycles. The Morgan fingerprint density at radius 3 is 2.92 bits per heavy atom. The molecule has 1 aliphatic carbocycles. The Labute approximate surface area is 84.7 Å². The zero-order chi connectivity index (χ0) is 9.10. The van der Waals surface area contributed by atoms with E-state index in [9.17, 15) is 0 Å². The highest BCUT2D eigenvalue weighted by molar-refractivity contribution is 7.99. The summed E-state index contributed by atoms with van der Waals surface area (Å²) < 4.78 is 0. The normalized spacial score (nSPS) is 15.5. The van der Waals surface area contributed by atoms with Crippen LogP contribution >= 0.6 is 11.8 Å². The molecule has 0 bridgehead atoms. The maximum atomic E-state index is 2.30. The first-order valence-electron chi connectivity index (χ1n) is 5.15. The highest BCUT2D eigenvalue weighted by Gasteiger charge is 2.11. The number of thioether (sulfide) groups is 1. The van der Waals surface area contributed by atoms with Gasteiger partial charge in [-0.1, -0.05) is 19.1 Å². The Morgan fingerprint density at radius 1 is 1.23 bits per heavy atom. The fourth-order valence-corrected chi connectivity index (χ4v) is 2.93. The monoisotopic (exact) mass is 192 g/mol. The van der Waals surface area contributed by atoms with E-state index in [0.717, 1.165) is 0 Å². The van der Waals surface area contributed by atoms with Crippen LogP contribution in [0.1, 0.15) is 30.9 Å². The van der Waals surface area contributed by atoms with E-state index in [-0.39, 0.29) is 0 Å². The molecule has 0 nitrogen and oxygen atoms in total. The van der Waals surface area contributed by atoms with Crippen molar-refractivity contribution in [1.29, 1.82) is 0 Å². The zero-order valence-corrected chi connectivity index (χ0v) is 8.99. The van der Waals surface area contributed by atoms with Gasteiger partial charge in [0.1, 0.15) is 0 Å². The van der Waals surface area contributed by atoms with E-state index in [2.05, 4.69) is 25.1 Å². The van der Waals surface area contributed by atoms with Crippen LogP contribution < -0.4 is 0 Å². The highest BCUT2D eigenvalue weighted by atomic mass is 32.2. The van der Waals surface area contributed by atoms with E-state index in [4.69, 9.17) is 0 Å². The van der Waals surface area contributed by atoms with Gasteiger partial charge in [-0.3, -0.25) is 0 Å². The topological polar surface area (TPSA) is 0 Å². The minimum absolute atomic E-state index is 1.19. The fraction of sp³-hybridized carbons (Fsp3) is 0.500. The molecule has 0 saturated carbocycles. The predicted molar refractivity (Wildman–Crippen MR) is 59.5 cm³/mol. The molecule has 1 aromatic carbocycles. The molecule has 0 fully saturated rings. The third-order valence-electron chi connectivity index (χ3n) is 2.65. The molecule has 0 spiro atoms. The van der Waals surface area contributed by atoms with Crippen LogP contribution in [0.4, 0.5) is 0 Å². The van der Waals surface area contributed by atoms with Crippen LogP contribution in [-0.2, 0) is 12.8 Å². The van der Waals surface area contributed by atoms with Crippen molar-refractivity contribution in [2.45, 2.75) is 37.5 Å². The average molecular weight is 192 g/mol. The lowest BCUT2D eigenvalue weighted by molar-refractivity contribution is 0.675. The van der Waals surface area contributed by atoms with Gasteiger partial charge < -0.3 is 0 Å². The lowest BCUT2D eigenvalue weighted by Gasteiger charge is -2.18. The zero-order valence-electron chi connectivity index (χ0n) is 8.18. The summed E-state index contributed by atoms with van der Waals surface area (Å²) in [5, 5.41) is 0. The molecule has 70 valence electrons. The summed E-state index contributed by atoms with van der Waals surface area (Å²) in [6, 6.07) is 6.79. The first-order chi connectivity index (χ1) is 6.42. The van der Waals surface area contributed by atoms with Crippen LogP contribution in [-0.4, -0.2) is 5.75 Å². The quantitative estimate of drug-likeness (QED) is 0.644. The molecule has 0 aliphatic heterocycles. The van der Waals surface area contributed by atoms with Crippen molar-refractivity contribution in [3.8, 4) is 0 Å². The Hall–Kier alpha value is -0.430. The molecule has 0 amide bonds. The molecule has 1 aliphatic rings. The van der Waals surface area contributed by atoms with Gasteiger partial charge in [0, 0.05) is 4.90 Å². The number of fused-ring (bicyclic) bond motifs is 1. The maximum Gasteiger partial charge on any atom is 0.0107 e. The van der Waals surface area contributed by atoms with Crippen molar-refractivity contribution in [2.75, 3.05) is 5.75 Å². The SMILES string of the molecule is CCSc1cccc2c1CCCC2. The summed E-state index contributed by atoms with van der Waals surface area (Å²) in [6.45, 7) is 2.23. The van der Waals surface area contributed by atoms with Crippen molar-refractivity contribution in [3.05, 3.63) is 29.3 Å². The van der Waals surface area contributed by atoms with Crippen molar-refractivity contribution in [1.82, 2.24) is 0 Å². The molecule has 2 rings (SSSR count). The van der Waals surface area contributed by atoms with Crippen LogP contribution in [0.25, 0.3) is 0 Å². The summed E-state index contributed by atoms with van der Waals surface area (Å²) in [4.78, 5) is 1.53. The fourth-order valence-electron chi connectivity index (χ4n) is 2.04. The van der Waals surface area contributed by atoms with Crippen LogP contribution in [0, 0.1) is 0 Å². The number of rotatable bonds is 2. The van der Waals surface area contributed by atoms with Gasteiger partial charge in [-0.05, 0) is 48.6 Å². The third kappa shape index (κ3) is 1.91. The van der Waals surface area contributed by atoms with Gasteiger partial charge in [-0.2, -0.15) is 0 Å². The lowest BCUT2D eigenvalue weighted by Crippen LogP contribution is -2.03. The molecule has 0 unspecified atom stereocenters. The van der Waals surface area contributed by atoms with E-state index in [0.29, 0.717) is 0 Å². The van der Waals surface area contributed by atoms with Crippen LogP contribution in [0.15, 0.2) is 23.1 Å². The summed E-state index contributed by atoms with van der Waals surface area (Å²) in [6.07, 6.45) is 5.37. The van der Waals surface area contributed by atoms with Crippen molar-refractivity contribution in [2.24, 2.45) is 0 Å². The molecule has 0 saturated heterocycles. The summed E-state index contributed by atoms with van der Waals surface area (Å²) >= 11 is 1.99. The van der Waals surface area contributed by atoms with Crippen molar-refractivity contribution in [3.63, 3.8) is 0 Å². The molecular formula is C12H16S. The lowest BCUT2D eigenvalue weighted by atomic mass is 9.92. The Balaban J connectivity index is 2.34. The van der Waals surface area contributed by atoms with E-state index in [1.807, 2.05) is 11.8 Å². The van der Waals surface area contributed by atoms with Gasteiger partial charge in [-0.15, -0.1) is 11.8 Å². The average Bonchev–Trinajstić information content (AvgIpc) is 2.19. The summed E-state index contributed by atoms with van der Waals surface area (Å²) in [7, 11) is 0. The molecule has 0 radical (unpaired) electrons. The van der Waals surface area contributed by atoms with Crippen LogP contribution in [0.3, 0.4) is 0 Å². The van der Waals surface area contributed by atoms with Crippen molar-refractivity contribution < 1.29 is 0 Å². The van der Waals surface area contributed by atoms with Gasteiger partial charge in [0.25, 0.3) is 0 Å². The molecular weight excluding hydrogens is 176 g/mol. The third-order valence-corrected chi connectivity index (χ3v) is 3.63. The standard InChI is InChI=1S/C12H16S/c1-2-13-12-9-5-7-10-6-3-4-8-11(10)12/h5,7,9H,2-4,6,8H2,1H3. The van der Waals surface area contributed by atoms with E-state index < -0.39 is 0 Å². The molecule has 13 heavy (non-hydrogen) atoms. The van der Waals surface area contributed by atoms with Crippen LogP contribution in [0.5, 0.6) is 0 Å². The Kier molecular flexibility index (Phi) is 2.94. The molecule has 0 N–H and O–H groups in total. The number of benzene rings is 1. The Bertz CT molecular complexity index is 291. The Morgan fingerprint density at radius 2 is 2.08 bits per heavy atom. The van der Waals surface area contributed by atoms with Gasteiger partial charge in [0.2, 0.25) is 0 Å². The molecule has 1 aromatic rings. The van der Waals surface area contributed by atoms with Gasteiger partial charge in [-0.25, -0.2) is 0 Å². The van der Waals surface area contributed by atoms with Gasteiger partial charge >= 0.3 is 0 Å². The second-order valence-corrected chi connectivity index (χ2v) is 4.84. The van der Waals surface area contributed by atoms with E-state index in [1.165, 1.54) is 36.3 Å². The minimum Gasteiger partial charge on any atom is -0.126 e. The summed E-state index contributed by atoms with van der Waals surface area (Å²) in [5.41, 5.74) is 3.24. The molecule has 1 heteroatoms. The largest absolute Gasteiger partial charge is 0.126 e. The maximum absolute atomic E-state index is 2.30. The van der Waals surface area contributed by atoms with E-state index >= 15 is 0 Å². The minimum atomic E-state index is 1.19. The second kappa shape index (κ2) is 4.19. The van der Waals surface area contributed by atoms with Crippen LogP contribution in [0.2, 0.25) is 0 Å². The molecule has 0 atom stereocenters. The predicted octanol–water partition coefficient (Wildman–Crippen LogP) is 3.68. The van der Waals surface area contributed by atoms with Gasteiger partial charge in [0.05, 0.1) is 0 Å². The second-order valence-electron chi connectivity index (χ2n) is 3.53. The number of aryl methyl sites for hydroxylation is 1. The first-order valence-corrected chi connectivity index (χ1v) is 6.14. The summed E-state index contributed by atoms with van der Waals surface area (Å²) in [5.74, 6) is 1.19. The van der Waals surface area contributed by atoms with Crippen molar-refractivity contribution >= 4 is 11.8 Å². The van der Waals surface area contributed by atoms with Gasteiger partial charge in [0.15, 0.2) is 0 Å². The molecule has 0 heterocycles. The van der Waals surface area contributed by atoms with E-state index in [1.54, 1.807) is 11.1 Å². The smallest absolute Gasteiger partial charge is 0.0107 e. The highest BCUT2D eigenvalue weighted by Crippen LogP contribution is 2.30. The number of hydrogen-bond donors (Lipinski definition) is 0. The first kappa shape index (κ1) is 9.14.